The molecule has 2 unspecified atom stereocenters. The molecule has 0 amide bonds. The Balaban J connectivity index is 4.01. The molecule has 10 heteroatoms. The first-order valence-electron chi connectivity index (χ1n) is 19.5. The number of ether oxygens (including phenoxy) is 4. The van der Waals surface area contributed by atoms with E-state index in [1.165, 1.54) is 51.4 Å². The summed E-state index contributed by atoms with van der Waals surface area (Å²) < 4.78 is 21.6. The Bertz CT molecular complexity index is 778. The van der Waals surface area contributed by atoms with Crippen LogP contribution in [0.4, 0.5) is 0 Å². The molecule has 0 spiro atoms. The number of unbranched alkanes of at least 4 members (excludes halogenated alkanes) is 14. The smallest absolute Gasteiger partial charge is 0.306 e. The molecule has 10 nitrogen and oxygen atoms in total. The van der Waals surface area contributed by atoms with Crippen LogP contribution in [-0.2, 0) is 38.1 Å². The molecule has 288 valence electrons. The van der Waals surface area contributed by atoms with Gasteiger partial charge < -0.3 is 29.2 Å². The molecule has 0 aliphatic carbocycles. The van der Waals surface area contributed by atoms with Crippen LogP contribution in [0.2, 0.25) is 0 Å². The van der Waals surface area contributed by atoms with Gasteiger partial charge in [-0.05, 0) is 65.2 Å². The number of hydrogen-bond donors (Lipinski definition) is 2. The zero-order valence-corrected chi connectivity index (χ0v) is 31.6. The number of esters is 4. The van der Waals surface area contributed by atoms with Crippen molar-refractivity contribution in [3.63, 3.8) is 0 Å². The SMILES string of the molecule is CCCCCCCC(C)OC(=O)CCCCCCC(=O)OCC(CO)(CO)COC(=O)CCCCCCC(=O)OC(C)CCCCCCC. The van der Waals surface area contributed by atoms with E-state index in [-0.39, 0.29) is 50.2 Å². The summed E-state index contributed by atoms with van der Waals surface area (Å²) in [6.07, 6.45) is 20.4. The van der Waals surface area contributed by atoms with Crippen LogP contribution in [0.3, 0.4) is 0 Å². The molecule has 0 aliphatic rings. The quantitative estimate of drug-likeness (QED) is 0.0382. The molecular weight excluding hydrogens is 628 g/mol. The van der Waals surface area contributed by atoms with Crippen LogP contribution in [-0.4, -0.2) is 72.7 Å². The standard InChI is InChI=1S/C39H72O10/c1-5-7-9-11-17-23-33(3)48-37(44)27-21-15-13-19-25-35(42)46-31-39(29-40,30-41)32-47-36(43)26-20-14-16-22-28-38(45)49-34(4)24-18-12-10-8-6-2/h33-34,40-41H,5-32H2,1-4H3. The fourth-order valence-electron chi connectivity index (χ4n) is 5.43. The second-order valence-electron chi connectivity index (χ2n) is 14.0. The van der Waals surface area contributed by atoms with Crippen LogP contribution in [0.1, 0.15) is 182 Å². The minimum atomic E-state index is -1.27. The average molecular weight is 701 g/mol. The molecule has 0 aromatic heterocycles. The van der Waals surface area contributed by atoms with Crippen molar-refractivity contribution in [1.29, 1.82) is 0 Å². The summed E-state index contributed by atoms with van der Waals surface area (Å²) >= 11 is 0. The first-order chi connectivity index (χ1) is 23.6. The van der Waals surface area contributed by atoms with Gasteiger partial charge in [0.25, 0.3) is 0 Å². The Morgan fingerprint density at radius 1 is 0.469 bits per heavy atom. The maximum Gasteiger partial charge on any atom is 0.306 e. The zero-order chi connectivity index (χ0) is 36.6. The van der Waals surface area contributed by atoms with Gasteiger partial charge in [0.05, 0.1) is 30.8 Å². The first-order valence-corrected chi connectivity index (χ1v) is 19.5. The average Bonchev–Trinajstić information content (AvgIpc) is 3.08. The third kappa shape index (κ3) is 28.2. The van der Waals surface area contributed by atoms with Crippen molar-refractivity contribution in [3.05, 3.63) is 0 Å². The highest BCUT2D eigenvalue weighted by atomic mass is 16.6. The molecule has 0 radical (unpaired) electrons. The second-order valence-corrected chi connectivity index (χ2v) is 14.0. The van der Waals surface area contributed by atoms with Gasteiger partial charge in [0.2, 0.25) is 0 Å². The van der Waals surface area contributed by atoms with Gasteiger partial charge in [0.15, 0.2) is 0 Å². The van der Waals surface area contributed by atoms with Gasteiger partial charge in [-0.3, -0.25) is 19.2 Å². The number of rotatable bonds is 34. The van der Waals surface area contributed by atoms with Gasteiger partial charge in [-0.15, -0.1) is 0 Å². The van der Waals surface area contributed by atoms with Crippen LogP contribution in [0, 0.1) is 5.41 Å². The molecule has 0 saturated heterocycles. The maximum atomic E-state index is 12.3. The summed E-state index contributed by atoms with van der Waals surface area (Å²) in [5.41, 5.74) is -1.27. The maximum absolute atomic E-state index is 12.3. The molecular formula is C39H72O10. The van der Waals surface area contributed by atoms with Gasteiger partial charge in [0, 0.05) is 25.7 Å². The van der Waals surface area contributed by atoms with Crippen LogP contribution in [0.5, 0.6) is 0 Å². The summed E-state index contributed by atoms with van der Waals surface area (Å²) in [4.78, 5) is 48.6. The fourth-order valence-corrected chi connectivity index (χ4v) is 5.43. The highest BCUT2D eigenvalue weighted by molar-refractivity contribution is 5.70. The number of aliphatic hydroxyl groups is 2. The Morgan fingerprint density at radius 3 is 1.10 bits per heavy atom. The third-order valence-corrected chi connectivity index (χ3v) is 8.87. The Kier molecular flexibility index (Phi) is 30.3. The topological polar surface area (TPSA) is 146 Å². The van der Waals surface area contributed by atoms with Crippen molar-refractivity contribution in [2.75, 3.05) is 26.4 Å². The lowest BCUT2D eigenvalue weighted by molar-refractivity contribution is -0.159. The summed E-state index contributed by atoms with van der Waals surface area (Å²) in [5, 5.41) is 19.8. The van der Waals surface area contributed by atoms with Crippen molar-refractivity contribution in [3.8, 4) is 0 Å². The Hall–Kier alpha value is -2.20. The third-order valence-electron chi connectivity index (χ3n) is 8.87. The normalized spacial score (nSPS) is 12.7. The van der Waals surface area contributed by atoms with E-state index in [9.17, 15) is 29.4 Å². The van der Waals surface area contributed by atoms with Crippen molar-refractivity contribution < 1.29 is 48.3 Å². The lowest BCUT2D eigenvalue weighted by Crippen LogP contribution is -2.41. The molecule has 0 saturated carbocycles. The van der Waals surface area contributed by atoms with Crippen LogP contribution >= 0.6 is 0 Å². The Morgan fingerprint density at radius 2 is 0.776 bits per heavy atom. The summed E-state index contributed by atoms with van der Waals surface area (Å²) in [6.45, 7) is 6.72. The van der Waals surface area contributed by atoms with E-state index in [2.05, 4.69) is 13.8 Å². The molecule has 0 fully saturated rings. The molecule has 0 aromatic carbocycles. The monoisotopic (exact) mass is 701 g/mol. The van der Waals surface area contributed by atoms with E-state index in [0.29, 0.717) is 38.5 Å². The number of carbonyl (C=O) groups is 4. The van der Waals surface area contributed by atoms with Crippen molar-refractivity contribution in [2.45, 2.75) is 194 Å². The lowest BCUT2D eigenvalue weighted by atomic mass is 9.92. The molecule has 0 aliphatic heterocycles. The van der Waals surface area contributed by atoms with E-state index in [1.54, 1.807) is 0 Å². The van der Waals surface area contributed by atoms with Crippen molar-refractivity contribution in [1.82, 2.24) is 0 Å². The predicted molar refractivity (Wildman–Crippen MR) is 192 cm³/mol. The van der Waals surface area contributed by atoms with E-state index >= 15 is 0 Å². The van der Waals surface area contributed by atoms with E-state index in [0.717, 1.165) is 51.4 Å². The highest BCUT2D eigenvalue weighted by Gasteiger charge is 2.33. The highest BCUT2D eigenvalue weighted by Crippen LogP contribution is 2.19. The number of hydrogen-bond acceptors (Lipinski definition) is 10. The molecule has 2 atom stereocenters. The number of carbonyl (C=O) groups excluding carboxylic acids is 4. The minimum Gasteiger partial charge on any atom is -0.465 e. The number of aliphatic hydroxyl groups excluding tert-OH is 2. The van der Waals surface area contributed by atoms with Crippen LogP contribution < -0.4 is 0 Å². The second kappa shape index (κ2) is 31.8. The molecule has 0 rings (SSSR count). The summed E-state index contributed by atoms with van der Waals surface area (Å²) in [5.74, 6) is -1.25. The first kappa shape index (κ1) is 46.8. The molecule has 0 heterocycles. The summed E-state index contributed by atoms with van der Waals surface area (Å²) in [6, 6.07) is 0. The van der Waals surface area contributed by atoms with E-state index in [4.69, 9.17) is 18.9 Å². The molecule has 49 heavy (non-hydrogen) atoms. The minimum absolute atomic E-state index is 0.0548. The van der Waals surface area contributed by atoms with Gasteiger partial charge in [-0.1, -0.05) is 90.9 Å². The molecule has 2 N–H and O–H groups in total. The van der Waals surface area contributed by atoms with Crippen molar-refractivity contribution >= 4 is 23.9 Å². The molecule has 0 aromatic rings. The van der Waals surface area contributed by atoms with E-state index < -0.39 is 30.6 Å². The van der Waals surface area contributed by atoms with Crippen molar-refractivity contribution in [2.24, 2.45) is 5.41 Å². The summed E-state index contributed by atoms with van der Waals surface area (Å²) in [7, 11) is 0. The molecule has 0 bridgehead atoms. The fraction of sp³-hybridized carbons (Fsp3) is 0.897. The predicted octanol–water partition coefficient (Wildman–Crippen LogP) is 8.31. The lowest BCUT2D eigenvalue weighted by Gasteiger charge is -2.28. The largest absolute Gasteiger partial charge is 0.465 e. The van der Waals surface area contributed by atoms with Gasteiger partial charge in [-0.25, -0.2) is 0 Å². The van der Waals surface area contributed by atoms with Gasteiger partial charge in [0.1, 0.15) is 13.2 Å². The zero-order valence-electron chi connectivity index (χ0n) is 31.6. The van der Waals surface area contributed by atoms with Gasteiger partial charge >= 0.3 is 23.9 Å². The van der Waals surface area contributed by atoms with Crippen LogP contribution in [0.15, 0.2) is 0 Å². The van der Waals surface area contributed by atoms with Crippen LogP contribution in [0.25, 0.3) is 0 Å². The van der Waals surface area contributed by atoms with E-state index in [1.807, 2.05) is 13.8 Å². The van der Waals surface area contributed by atoms with Gasteiger partial charge in [-0.2, -0.15) is 0 Å². The Labute approximate surface area is 297 Å².